The molecule has 2 heterocycles. The van der Waals surface area contributed by atoms with Crippen molar-refractivity contribution in [2.75, 3.05) is 11.9 Å². The van der Waals surface area contributed by atoms with E-state index in [0.717, 1.165) is 19.4 Å². The summed E-state index contributed by atoms with van der Waals surface area (Å²) in [5.74, 6) is 0.540. The third-order valence-electron chi connectivity index (χ3n) is 2.79. The van der Waals surface area contributed by atoms with E-state index in [1.165, 1.54) is 0 Å². The molecule has 0 spiro atoms. The Morgan fingerprint density at radius 1 is 1.71 bits per heavy atom. The number of nitrogens with two attached hydrogens (primary N) is 1. The van der Waals surface area contributed by atoms with Gasteiger partial charge in [0.05, 0.1) is 12.1 Å². The van der Waals surface area contributed by atoms with Crippen molar-refractivity contribution in [2.24, 2.45) is 5.73 Å². The fraction of sp³-hybridized carbons (Fsp3) is 0.545. The highest BCUT2D eigenvalue weighted by Crippen LogP contribution is 2.17. The van der Waals surface area contributed by atoms with E-state index in [0.29, 0.717) is 11.6 Å². The van der Waals surface area contributed by atoms with Crippen LogP contribution in [-0.4, -0.2) is 33.7 Å². The summed E-state index contributed by atoms with van der Waals surface area (Å²) in [5.41, 5.74) is 6.10. The molecule has 0 saturated carbocycles. The Hall–Kier alpha value is -1.27. The van der Waals surface area contributed by atoms with E-state index in [-0.39, 0.29) is 17.1 Å². The molecule has 1 fully saturated rings. The van der Waals surface area contributed by atoms with Gasteiger partial charge in [0.2, 0.25) is 5.95 Å². The summed E-state index contributed by atoms with van der Waals surface area (Å²) in [7, 11) is 0. The van der Waals surface area contributed by atoms with E-state index in [9.17, 15) is 0 Å². The predicted molar refractivity (Wildman–Crippen MR) is 70.0 cm³/mol. The lowest BCUT2D eigenvalue weighted by atomic mass is 10.1. The first-order valence-corrected chi connectivity index (χ1v) is 6.08. The fourth-order valence-corrected chi connectivity index (χ4v) is 1.97. The molecule has 0 aromatic carbocycles. The van der Waals surface area contributed by atoms with E-state index in [4.69, 9.17) is 22.7 Å². The van der Waals surface area contributed by atoms with Crippen LogP contribution in [0.3, 0.4) is 0 Å². The molecular weight excluding hydrogens is 236 g/mol. The van der Waals surface area contributed by atoms with Gasteiger partial charge >= 0.3 is 0 Å². The Bertz CT molecular complexity index is 406. The third kappa shape index (κ3) is 3.10. The van der Waals surface area contributed by atoms with Crippen LogP contribution in [-0.2, 0) is 4.74 Å². The van der Waals surface area contributed by atoms with Crippen LogP contribution in [0, 0.1) is 0 Å². The van der Waals surface area contributed by atoms with Gasteiger partial charge in [-0.3, -0.25) is 0 Å². The number of rotatable bonds is 4. The van der Waals surface area contributed by atoms with E-state index < -0.39 is 0 Å². The highest BCUT2D eigenvalue weighted by Gasteiger charge is 2.22. The number of thiocarbonyl (C=S) groups is 1. The maximum atomic E-state index is 5.60. The van der Waals surface area contributed by atoms with Crippen molar-refractivity contribution in [1.82, 2.24) is 9.97 Å². The zero-order valence-corrected chi connectivity index (χ0v) is 10.5. The average Bonchev–Trinajstić information content (AvgIpc) is 2.82. The van der Waals surface area contributed by atoms with Crippen LogP contribution in [0.15, 0.2) is 12.3 Å². The molecule has 1 aromatic rings. The lowest BCUT2D eigenvalue weighted by Gasteiger charge is -2.19. The van der Waals surface area contributed by atoms with Crippen molar-refractivity contribution in [3.05, 3.63) is 18.0 Å². The third-order valence-corrected chi connectivity index (χ3v) is 3.00. The first kappa shape index (κ1) is 12.2. The molecule has 92 valence electrons. The maximum Gasteiger partial charge on any atom is 0.223 e. The lowest BCUT2D eigenvalue weighted by Crippen LogP contribution is -2.31. The first-order chi connectivity index (χ1) is 8.16. The Morgan fingerprint density at radius 3 is 3.18 bits per heavy atom. The maximum absolute atomic E-state index is 5.60. The van der Waals surface area contributed by atoms with Crippen LogP contribution in [0.25, 0.3) is 0 Å². The molecule has 6 heteroatoms. The number of nitrogens with zero attached hydrogens (tertiary/aromatic N) is 2. The molecular formula is C11H16N4OS. The van der Waals surface area contributed by atoms with Gasteiger partial charge in [-0.1, -0.05) is 12.2 Å². The molecule has 3 N–H and O–H groups in total. The minimum atomic E-state index is 0.180. The van der Waals surface area contributed by atoms with Crippen LogP contribution in [0.4, 0.5) is 5.95 Å². The fourth-order valence-electron chi connectivity index (χ4n) is 1.86. The quantitative estimate of drug-likeness (QED) is 0.782. The van der Waals surface area contributed by atoms with Crippen LogP contribution < -0.4 is 11.1 Å². The van der Waals surface area contributed by atoms with Crippen LogP contribution in [0.2, 0.25) is 0 Å². The summed E-state index contributed by atoms with van der Waals surface area (Å²) < 4.78 is 5.60. The predicted octanol–water partition coefficient (Wildman–Crippen LogP) is 1.09. The van der Waals surface area contributed by atoms with Gasteiger partial charge in [-0.05, 0) is 25.8 Å². The summed E-state index contributed by atoms with van der Waals surface area (Å²) in [6.07, 6.45) is 4.06. The van der Waals surface area contributed by atoms with Gasteiger partial charge in [0.1, 0.15) is 10.7 Å². The van der Waals surface area contributed by atoms with Crippen molar-refractivity contribution < 1.29 is 4.74 Å². The van der Waals surface area contributed by atoms with Gasteiger partial charge in [-0.2, -0.15) is 0 Å². The highest BCUT2D eigenvalue weighted by molar-refractivity contribution is 7.80. The minimum Gasteiger partial charge on any atom is -0.388 e. The largest absolute Gasteiger partial charge is 0.388 e. The Morgan fingerprint density at radius 2 is 2.53 bits per heavy atom. The molecule has 5 nitrogen and oxygen atoms in total. The first-order valence-electron chi connectivity index (χ1n) is 5.68. The number of ether oxygens (including phenoxy) is 1. The zero-order valence-electron chi connectivity index (χ0n) is 9.72. The van der Waals surface area contributed by atoms with E-state index in [1.54, 1.807) is 12.3 Å². The van der Waals surface area contributed by atoms with Crippen LogP contribution >= 0.6 is 12.2 Å². The molecule has 2 unspecified atom stereocenters. The summed E-state index contributed by atoms with van der Waals surface area (Å²) in [6.45, 7) is 2.90. The summed E-state index contributed by atoms with van der Waals surface area (Å²) in [5, 5.41) is 3.22. The van der Waals surface area contributed by atoms with E-state index in [2.05, 4.69) is 22.2 Å². The molecule has 1 aliphatic heterocycles. The molecule has 0 amide bonds. The molecule has 1 aliphatic rings. The number of hydrogen-bond acceptors (Lipinski definition) is 5. The average molecular weight is 252 g/mol. The van der Waals surface area contributed by atoms with Crippen molar-refractivity contribution in [3.63, 3.8) is 0 Å². The van der Waals surface area contributed by atoms with E-state index >= 15 is 0 Å². The molecule has 17 heavy (non-hydrogen) atoms. The topological polar surface area (TPSA) is 73.1 Å². The SMILES string of the molecule is CC(Nc1nccc(C(N)=S)n1)C1CCCO1. The summed E-state index contributed by atoms with van der Waals surface area (Å²) >= 11 is 4.88. The second-order valence-electron chi connectivity index (χ2n) is 4.11. The normalized spacial score (nSPS) is 21.1. The molecule has 1 aromatic heterocycles. The minimum absolute atomic E-state index is 0.180. The van der Waals surface area contributed by atoms with Gasteiger partial charge in [-0.15, -0.1) is 0 Å². The van der Waals surface area contributed by atoms with Crippen LogP contribution in [0.5, 0.6) is 0 Å². The second-order valence-corrected chi connectivity index (χ2v) is 4.55. The smallest absolute Gasteiger partial charge is 0.223 e. The van der Waals surface area contributed by atoms with Crippen molar-refractivity contribution in [2.45, 2.75) is 31.9 Å². The number of hydrogen-bond donors (Lipinski definition) is 2. The van der Waals surface area contributed by atoms with Crippen LogP contribution in [0.1, 0.15) is 25.5 Å². The van der Waals surface area contributed by atoms with E-state index in [1.807, 2.05) is 0 Å². The molecule has 0 aliphatic carbocycles. The zero-order chi connectivity index (χ0) is 12.3. The molecule has 2 atom stereocenters. The Labute approximate surface area is 106 Å². The second kappa shape index (κ2) is 5.37. The monoisotopic (exact) mass is 252 g/mol. The van der Waals surface area contributed by atoms with Crippen molar-refractivity contribution in [1.29, 1.82) is 0 Å². The molecule has 0 bridgehead atoms. The lowest BCUT2D eigenvalue weighted by molar-refractivity contribution is 0.0994. The van der Waals surface area contributed by atoms with Gasteiger partial charge in [0, 0.05) is 12.8 Å². The van der Waals surface area contributed by atoms with Gasteiger partial charge in [0.25, 0.3) is 0 Å². The molecule has 1 saturated heterocycles. The number of anilines is 1. The van der Waals surface area contributed by atoms with Crippen molar-refractivity contribution in [3.8, 4) is 0 Å². The summed E-state index contributed by atoms with van der Waals surface area (Å²) in [6, 6.07) is 1.88. The summed E-state index contributed by atoms with van der Waals surface area (Å²) in [4.78, 5) is 8.66. The standard InChI is InChI=1S/C11H16N4OS/c1-7(9-3-2-6-16-9)14-11-13-5-4-8(15-11)10(12)17/h4-5,7,9H,2-3,6H2,1H3,(H2,12,17)(H,13,14,15). The highest BCUT2D eigenvalue weighted by atomic mass is 32.1. The molecule has 0 radical (unpaired) electrons. The van der Waals surface area contributed by atoms with Gasteiger partial charge < -0.3 is 15.8 Å². The number of aromatic nitrogens is 2. The van der Waals surface area contributed by atoms with Crippen molar-refractivity contribution >= 4 is 23.2 Å². The molecule has 2 rings (SSSR count). The number of nitrogens with one attached hydrogen (secondary N) is 1. The Kier molecular flexibility index (Phi) is 3.86. The Balaban J connectivity index is 2.02. The van der Waals surface area contributed by atoms with Gasteiger partial charge in [0.15, 0.2) is 0 Å². The van der Waals surface area contributed by atoms with Gasteiger partial charge in [-0.25, -0.2) is 9.97 Å².